The van der Waals surface area contributed by atoms with E-state index in [-0.39, 0.29) is 23.8 Å². The highest BCUT2D eigenvalue weighted by molar-refractivity contribution is 6.18. The largest absolute Gasteiger partial charge is 0.294 e. The number of ketones is 3. The Kier molecular flexibility index (Phi) is 5.49. The molecule has 0 fully saturated rings. The number of benzene rings is 3. The van der Waals surface area contributed by atoms with Crippen molar-refractivity contribution >= 4 is 17.3 Å². The molecule has 0 radical (unpaired) electrons. The van der Waals surface area contributed by atoms with E-state index in [9.17, 15) is 14.4 Å². The van der Waals surface area contributed by atoms with E-state index in [4.69, 9.17) is 0 Å². The summed E-state index contributed by atoms with van der Waals surface area (Å²) in [6, 6.07) is 26.0. The molecule has 26 heavy (non-hydrogen) atoms. The third-order valence-corrected chi connectivity index (χ3v) is 4.23. The summed E-state index contributed by atoms with van der Waals surface area (Å²) in [4.78, 5) is 38.5. The Hall–Kier alpha value is -3.33. The summed E-state index contributed by atoms with van der Waals surface area (Å²) in [5.74, 6) is -1.91. The van der Waals surface area contributed by atoms with Crippen LogP contribution >= 0.6 is 0 Å². The monoisotopic (exact) mass is 342 g/mol. The van der Waals surface area contributed by atoms with E-state index < -0.39 is 5.92 Å². The van der Waals surface area contributed by atoms with Gasteiger partial charge in [-0.3, -0.25) is 14.4 Å². The van der Waals surface area contributed by atoms with Crippen LogP contribution in [0.2, 0.25) is 0 Å². The fraction of sp³-hybridized carbons (Fsp3) is 0.0870. The molecule has 0 atom stereocenters. The molecule has 0 aliphatic carbocycles. The van der Waals surface area contributed by atoms with E-state index in [0.29, 0.717) is 16.7 Å². The minimum atomic E-state index is -1.03. The molecule has 0 spiro atoms. The Bertz CT molecular complexity index is 848. The maximum absolute atomic E-state index is 13.0. The van der Waals surface area contributed by atoms with E-state index in [1.807, 2.05) is 6.07 Å². The highest BCUT2D eigenvalue weighted by Crippen LogP contribution is 2.21. The summed E-state index contributed by atoms with van der Waals surface area (Å²) in [7, 11) is 0. The first-order chi connectivity index (χ1) is 12.7. The fourth-order valence-corrected chi connectivity index (χ4v) is 2.84. The third kappa shape index (κ3) is 4.01. The van der Waals surface area contributed by atoms with Crippen LogP contribution < -0.4 is 0 Å². The van der Waals surface area contributed by atoms with E-state index in [1.165, 1.54) is 0 Å². The lowest BCUT2D eigenvalue weighted by molar-refractivity contribution is 0.0760. The number of rotatable bonds is 7. The molecule has 3 rings (SSSR count). The van der Waals surface area contributed by atoms with Gasteiger partial charge in [0.25, 0.3) is 0 Å². The number of hydrogen-bond donors (Lipinski definition) is 0. The van der Waals surface area contributed by atoms with Crippen molar-refractivity contribution < 1.29 is 14.4 Å². The molecule has 3 heteroatoms. The van der Waals surface area contributed by atoms with Gasteiger partial charge in [-0.15, -0.1) is 0 Å². The average Bonchev–Trinajstić information content (AvgIpc) is 2.73. The van der Waals surface area contributed by atoms with Gasteiger partial charge in [0.1, 0.15) is 0 Å². The minimum absolute atomic E-state index is 0.147. The molecule has 3 aromatic rings. The number of carbonyl (C=O) groups excluding carboxylic acids is 3. The van der Waals surface area contributed by atoms with E-state index in [0.717, 1.165) is 0 Å². The Labute approximate surface area is 152 Å². The average molecular weight is 342 g/mol. The van der Waals surface area contributed by atoms with Crippen LogP contribution in [0.1, 0.15) is 37.5 Å². The summed E-state index contributed by atoms with van der Waals surface area (Å²) in [5.41, 5.74) is 1.37. The lowest BCUT2D eigenvalue weighted by Crippen LogP contribution is -2.27. The van der Waals surface area contributed by atoms with Gasteiger partial charge in [0.15, 0.2) is 17.3 Å². The molecule has 0 aromatic heterocycles. The molecule has 0 aliphatic heterocycles. The van der Waals surface area contributed by atoms with Gasteiger partial charge >= 0.3 is 0 Å². The lowest BCUT2D eigenvalue weighted by atomic mass is 9.85. The molecule has 0 amide bonds. The molecule has 0 bridgehead atoms. The standard InChI is InChI=1S/C23H18O3/c24-21(17-10-4-1-5-11-17)16-20(22(25)18-12-6-2-7-13-18)23(26)19-14-8-3-9-15-19/h1-15,20H,16H2. The Morgan fingerprint density at radius 2 is 0.885 bits per heavy atom. The molecule has 0 heterocycles. The normalized spacial score (nSPS) is 10.5. The van der Waals surface area contributed by atoms with Crippen molar-refractivity contribution in [3.8, 4) is 0 Å². The van der Waals surface area contributed by atoms with Gasteiger partial charge in [-0.25, -0.2) is 0 Å². The fourth-order valence-electron chi connectivity index (χ4n) is 2.84. The van der Waals surface area contributed by atoms with Gasteiger partial charge in [0.2, 0.25) is 0 Å². The van der Waals surface area contributed by atoms with Gasteiger partial charge in [0.05, 0.1) is 5.92 Å². The summed E-state index contributed by atoms with van der Waals surface area (Å²) in [5, 5.41) is 0. The van der Waals surface area contributed by atoms with Crippen molar-refractivity contribution in [1.29, 1.82) is 0 Å². The zero-order valence-corrected chi connectivity index (χ0v) is 14.2. The number of carbonyl (C=O) groups is 3. The van der Waals surface area contributed by atoms with Crippen molar-refractivity contribution in [2.45, 2.75) is 6.42 Å². The minimum Gasteiger partial charge on any atom is -0.294 e. The summed E-state index contributed by atoms with van der Waals surface area (Å²) in [6.45, 7) is 0. The van der Waals surface area contributed by atoms with Crippen LogP contribution in [0, 0.1) is 5.92 Å². The molecule has 3 aromatic carbocycles. The third-order valence-electron chi connectivity index (χ3n) is 4.23. The maximum Gasteiger partial charge on any atom is 0.174 e. The van der Waals surface area contributed by atoms with Crippen LogP contribution in [0.15, 0.2) is 91.0 Å². The summed E-state index contributed by atoms with van der Waals surface area (Å²) in [6.07, 6.45) is -0.147. The van der Waals surface area contributed by atoms with Gasteiger partial charge in [-0.05, 0) is 0 Å². The van der Waals surface area contributed by atoms with E-state index in [1.54, 1.807) is 84.9 Å². The first-order valence-corrected chi connectivity index (χ1v) is 8.43. The van der Waals surface area contributed by atoms with Crippen LogP contribution in [-0.2, 0) is 0 Å². The second-order valence-corrected chi connectivity index (χ2v) is 6.01. The smallest absolute Gasteiger partial charge is 0.174 e. The molecule has 3 nitrogen and oxygen atoms in total. The van der Waals surface area contributed by atoms with Crippen LogP contribution in [0.5, 0.6) is 0 Å². The molecule has 0 unspecified atom stereocenters. The van der Waals surface area contributed by atoms with Gasteiger partial charge in [0, 0.05) is 23.1 Å². The predicted octanol–water partition coefficient (Wildman–Crippen LogP) is 4.64. The SMILES string of the molecule is O=C(CC(C(=O)c1ccccc1)C(=O)c1ccccc1)c1ccccc1. The summed E-state index contributed by atoms with van der Waals surface area (Å²) >= 11 is 0. The lowest BCUT2D eigenvalue weighted by Gasteiger charge is -2.15. The van der Waals surface area contributed by atoms with Crippen LogP contribution in [-0.4, -0.2) is 17.3 Å². The van der Waals surface area contributed by atoms with Gasteiger partial charge in [-0.2, -0.15) is 0 Å². The second kappa shape index (κ2) is 8.17. The van der Waals surface area contributed by atoms with Crippen LogP contribution in [0.25, 0.3) is 0 Å². The van der Waals surface area contributed by atoms with Crippen molar-refractivity contribution in [3.05, 3.63) is 108 Å². The molecule has 0 N–H and O–H groups in total. The van der Waals surface area contributed by atoms with Crippen molar-refractivity contribution in [2.24, 2.45) is 5.92 Å². The van der Waals surface area contributed by atoms with Gasteiger partial charge < -0.3 is 0 Å². The summed E-state index contributed by atoms with van der Waals surface area (Å²) < 4.78 is 0. The zero-order chi connectivity index (χ0) is 18.4. The first-order valence-electron chi connectivity index (χ1n) is 8.43. The van der Waals surface area contributed by atoms with E-state index in [2.05, 4.69) is 0 Å². The highest BCUT2D eigenvalue weighted by atomic mass is 16.2. The highest BCUT2D eigenvalue weighted by Gasteiger charge is 2.30. The Morgan fingerprint density at radius 3 is 1.27 bits per heavy atom. The quantitative estimate of drug-likeness (QED) is 0.464. The second-order valence-electron chi connectivity index (χ2n) is 6.01. The van der Waals surface area contributed by atoms with Crippen molar-refractivity contribution in [2.75, 3.05) is 0 Å². The van der Waals surface area contributed by atoms with E-state index >= 15 is 0 Å². The first kappa shape index (κ1) is 17.5. The topological polar surface area (TPSA) is 51.2 Å². The molecule has 0 saturated heterocycles. The molecule has 128 valence electrons. The van der Waals surface area contributed by atoms with Crippen molar-refractivity contribution in [3.63, 3.8) is 0 Å². The maximum atomic E-state index is 13.0. The van der Waals surface area contributed by atoms with Gasteiger partial charge in [-0.1, -0.05) is 91.0 Å². The number of Topliss-reactive ketones (excluding diaryl/α,β-unsaturated/α-hetero) is 3. The molecule has 0 aliphatic rings. The predicted molar refractivity (Wildman–Crippen MR) is 100 cm³/mol. The van der Waals surface area contributed by atoms with Crippen molar-refractivity contribution in [1.82, 2.24) is 0 Å². The Balaban J connectivity index is 1.92. The van der Waals surface area contributed by atoms with Crippen LogP contribution in [0.3, 0.4) is 0 Å². The van der Waals surface area contributed by atoms with Crippen LogP contribution in [0.4, 0.5) is 0 Å². The molecular formula is C23H18O3. The Morgan fingerprint density at radius 1 is 0.538 bits per heavy atom. The number of hydrogen-bond acceptors (Lipinski definition) is 3. The molecule has 0 saturated carbocycles. The zero-order valence-electron chi connectivity index (χ0n) is 14.2. The molecular weight excluding hydrogens is 324 g/mol.